The van der Waals surface area contributed by atoms with Crippen LogP contribution in [0.5, 0.6) is 0 Å². The Morgan fingerprint density at radius 3 is 2.23 bits per heavy atom. The summed E-state index contributed by atoms with van der Waals surface area (Å²) in [6.07, 6.45) is 1.37. The number of hydrogen-bond acceptors (Lipinski definition) is 3. The lowest BCUT2D eigenvalue weighted by atomic mass is 9.93. The van der Waals surface area contributed by atoms with Gasteiger partial charge in [0.15, 0.2) is 0 Å². The fraction of sp³-hybridized carbons (Fsp3) is 0.750. The largest absolute Gasteiger partial charge is 0.322 e. The zero-order valence-corrected chi connectivity index (χ0v) is 9.06. The van der Waals surface area contributed by atoms with Crippen LogP contribution in [-0.4, -0.2) is 18.5 Å². The topological polar surface area (TPSA) is 80.4 Å². The van der Waals surface area contributed by atoms with E-state index in [9.17, 15) is 8.42 Å². The van der Waals surface area contributed by atoms with Crippen LogP contribution in [0.4, 0.5) is 0 Å². The Bertz CT molecular complexity index is 285. The Kier molecular flexibility index (Phi) is 4.09. The molecule has 0 saturated carbocycles. The summed E-state index contributed by atoms with van der Waals surface area (Å²) in [4.78, 5) is 0. The minimum Gasteiger partial charge on any atom is -0.322 e. The average molecular weight is 207 g/mol. The summed E-state index contributed by atoms with van der Waals surface area (Å²) < 4.78 is 29.8. The van der Waals surface area contributed by atoms with Crippen molar-refractivity contribution < 1.29 is 13.0 Å². The normalized spacial score (nSPS) is 14.7. The zero-order chi connectivity index (χ0) is 10.7. The molecule has 0 heterocycles. The number of nitrogens with two attached hydrogens (primary N) is 1. The lowest BCUT2D eigenvalue weighted by molar-refractivity contribution is 0.491. The van der Waals surface area contributed by atoms with Gasteiger partial charge in [0.1, 0.15) is 0 Å². The molecule has 0 spiro atoms. The summed E-state index contributed by atoms with van der Waals surface area (Å²) in [5.74, 6) is 0. The maximum Gasteiger partial charge on any atom is 0.287 e. The van der Waals surface area contributed by atoms with Gasteiger partial charge in [-0.15, -0.1) is 0 Å². The van der Waals surface area contributed by atoms with Crippen LogP contribution < -0.4 is 5.73 Å². The van der Waals surface area contributed by atoms with E-state index in [0.29, 0.717) is 12.0 Å². The molecule has 0 aromatic rings. The van der Waals surface area contributed by atoms with E-state index in [-0.39, 0.29) is 0 Å². The lowest BCUT2D eigenvalue weighted by Gasteiger charge is -2.22. The van der Waals surface area contributed by atoms with Crippen molar-refractivity contribution in [1.29, 1.82) is 0 Å². The van der Waals surface area contributed by atoms with Gasteiger partial charge in [-0.25, -0.2) is 0 Å². The van der Waals surface area contributed by atoms with E-state index in [4.69, 9.17) is 10.3 Å². The van der Waals surface area contributed by atoms with Crippen molar-refractivity contribution in [3.8, 4) is 0 Å². The van der Waals surface area contributed by atoms with Crippen molar-refractivity contribution in [3.63, 3.8) is 0 Å². The summed E-state index contributed by atoms with van der Waals surface area (Å²) in [6, 6.07) is 0. The van der Waals surface area contributed by atoms with E-state index in [1.54, 1.807) is 13.8 Å². The standard InChI is InChI=1S/C8H17NO3S/c1-4-5-7(8(2,3)9)6-13(10,11)12/h6H,4-5,9H2,1-3H3,(H,10,11,12). The van der Waals surface area contributed by atoms with Gasteiger partial charge in [-0.1, -0.05) is 13.3 Å². The highest BCUT2D eigenvalue weighted by Crippen LogP contribution is 2.19. The van der Waals surface area contributed by atoms with Gasteiger partial charge in [0.05, 0.1) is 5.41 Å². The molecule has 3 N–H and O–H groups in total. The Morgan fingerprint density at radius 2 is 2.00 bits per heavy atom. The van der Waals surface area contributed by atoms with Gasteiger partial charge in [-0.2, -0.15) is 8.42 Å². The SMILES string of the molecule is CCCC(=CS(=O)(=O)O)C(C)(C)N. The minimum absolute atomic E-state index is 0.539. The fourth-order valence-corrected chi connectivity index (χ4v) is 1.76. The molecule has 78 valence electrons. The fourth-order valence-electron chi connectivity index (χ4n) is 0.982. The smallest absolute Gasteiger partial charge is 0.287 e. The second kappa shape index (κ2) is 4.21. The van der Waals surface area contributed by atoms with Gasteiger partial charge in [0.25, 0.3) is 10.1 Å². The first kappa shape index (κ1) is 12.6. The molecule has 0 aromatic heterocycles. The Labute approximate surface area is 79.6 Å². The van der Waals surface area contributed by atoms with Crippen LogP contribution in [0.15, 0.2) is 11.0 Å². The Balaban J connectivity index is 4.94. The molecule has 0 saturated heterocycles. The summed E-state index contributed by atoms with van der Waals surface area (Å²) in [5, 5.41) is 0.844. The minimum atomic E-state index is -4.07. The van der Waals surface area contributed by atoms with E-state index in [0.717, 1.165) is 11.8 Å². The highest BCUT2D eigenvalue weighted by molar-refractivity contribution is 7.88. The van der Waals surface area contributed by atoms with Crippen molar-refractivity contribution in [2.45, 2.75) is 39.2 Å². The predicted molar refractivity (Wildman–Crippen MR) is 52.8 cm³/mol. The monoisotopic (exact) mass is 207 g/mol. The molecule has 5 heteroatoms. The highest BCUT2D eigenvalue weighted by Gasteiger charge is 2.18. The quantitative estimate of drug-likeness (QED) is 0.681. The lowest BCUT2D eigenvalue weighted by Crippen LogP contribution is -2.34. The molecule has 0 atom stereocenters. The average Bonchev–Trinajstić information content (AvgIpc) is 1.81. The maximum atomic E-state index is 10.6. The second-order valence-electron chi connectivity index (χ2n) is 3.63. The summed E-state index contributed by atoms with van der Waals surface area (Å²) in [5.41, 5.74) is 5.57. The number of rotatable bonds is 4. The van der Waals surface area contributed by atoms with E-state index in [1.165, 1.54) is 0 Å². The summed E-state index contributed by atoms with van der Waals surface area (Å²) in [7, 11) is -4.07. The molecule has 0 bridgehead atoms. The van der Waals surface area contributed by atoms with Crippen LogP contribution in [-0.2, 0) is 10.1 Å². The van der Waals surface area contributed by atoms with Crippen LogP contribution in [0.2, 0.25) is 0 Å². The third-order valence-corrected chi connectivity index (χ3v) is 2.22. The molecule has 0 rings (SSSR count). The molecule has 0 aliphatic rings. The first-order valence-corrected chi connectivity index (χ1v) is 5.64. The summed E-state index contributed by atoms with van der Waals surface area (Å²) in [6.45, 7) is 5.34. The molecule has 0 radical (unpaired) electrons. The molecule has 0 aliphatic heterocycles. The molecule has 0 fully saturated rings. The third-order valence-electron chi connectivity index (χ3n) is 1.64. The molecule has 0 aromatic carbocycles. The van der Waals surface area contributed by atoms with Crippen LogP contribution in [0, 0.1) is 0 Å². The van der Waals surface area contributed by atoms with Crippen molar-refractivity contribution in [2.24, 2.45) is 5.73 Å². The van der Waals surface area contributed by atoms with E-state index < -0.39 is 15.7 Å². The third kappa shape index (κ3) is 5.79. The van der Waals surface area contributed by atoms with Crippen molar-refractivity contribution in [1.82, 2.24) is 0 Å². The molecule has 13 heavy (non-hydrogen) atoms. The molecule has 0 aliphatic carbocycles. The van der Waals surface area contributed by atoms with E-state index in [1.807, 2.05) is 6.92 Å². The Hall–Kier alpha value is -0.390. The zero-order valence-electron chi connectivity index (χ0n) is 8.24. The van der Waals surface area contributed by atoms with Crippen molar-refractivity contribution in [2.75, 3.05) is 0 Å². The molecular formula is C8H17NO3S. The van der Waals surface area contributed by atoms with Gasteiger partial charge in [-0.3, -0.25) is 4.55 Å². The van der Waals surface area contributed by atoms with E-state index >= 15 is 0 Å². The van der Waals surface area contributed by atoms with Crippen LogP contribution in [0.25, 0.3) is 0 Å². The predicted octanol–water partition coefficient (Wildman–Crippen LogP) is 1.30. The molecule has 4 nitrogen and oxygen atoms in total. The number of hydrogen-bond donors (Lipinski definition) is 2. The van der Waals surface area contributed by atoms with Gasteiger partial charge >= 0.3 is 0 Å². The Morgan fingerprint density at radius 1 is 1.54 bits per heavy atom. The van der Waals surface area contributed by atoms with Crippen LogP contribution >= 0.6 is 0 Å². The van der Waals surface area contributed by atoms with Crippen molar-refractivity contribution >= 4 is 10.1 Å². The van der Waals surface area contributed by atoms with Crippen molar-refractivity contribution in [3.05, 3.63) is 11.0 Å². The van der Waals surface area contributed by atoms with Gasteiger partial charge < -0.3 is 5.73 Å². The molecule has 0 unspecified atom stereocenters. The van der Waals surface area contributed by atoms with Gasteiger partial charge in [-0.05, 0) is 25.8 Å². The first-order chi connectivity index (χ1) is 5.67. The van der Waals surface area contributed by atoms with E-state index in [2.05, 4.69) is 0 Å². The maximum absolute atomic E-state index is 10.6. The first-order valence-electron chi connectivity index (χ1n) is 4.14. The molecular weight excluding hydrogens is 190 g/mol. The summed E-state index contributed by atoms with van der Waals surface area (Å²) >= 11 is 0. The van der Waals surface area contributed by atoms with Gasteiger partial charge in [0.2, 0.25) is 0 Å². The highest BCUT2D eigenvalue weighted by atomic mass is 32.2. The van der Waals surface area contributed by atoms with Crippen LogP contribution in [0.3, 0.4) is 0 Å². The van der Waals surface area contributed by atoms with Gasteiger partial charge in [0, 0.05) is 5.54 Å². The second-order valence-corrected chi connectivity index (χ2v) is 4.90. The van der Waals surface area contributed by atoms with Crippen LogP contribution in [0.1, 0.15) is 33.6 Å². The molecule has 0 amide bonds.